The minimum atomic E-state index is 0. The molecule has 0 amide bonds. The highest BCUT2D eigenvalue weighted by atomic mass is 35.5. The van der Waals surface area contributed by atoms with Crippen molar-refractivity contribution in [3.05, 3.63) is 30.1 Å². The first-order valence-electron chi connectivity index (χ1n) is 9.24. The summed E-state index contributed by atoms with van der Waals surface area (Å²) >= 11 is 0. The second kappa shape index (κ2) is 7.64. The van der Waals surface area contributed by atoms with Crippen LogP contribution in [-0.2, 0) is 18.3 Å². The summed E-state index contributed by atoms with van der Waals surface area (Å²) in [4.78, 5) is 7.40. The van der Waals surface area contributed by atoms with Gasteiger partial charge in [-0.05, 0) is 37.8 Å². The average Bonchev–Trinajstić information content (AvgIpc) is 3.08. The van der Waals surface area contributed by atoms with E-state index in [1.165, 1.54) is 31.2 Å². The number of ether oxygens (including phenoxy) is 1. The molecule has 1 aromatic heterocycles. The van der Waals surface area contributed by atoms with E-state index in [1.54, 1.807) is 0 Å². The Hall–Kier alpha value is -0.850. The highest BCUT2D eigenvalue weighted by Gasteiger charge is 2.46. The van der Waals surface area contributed by atoms with E-state index < -0.39 is 0 Å². The van der Waals surface area contributed by atoms with Crippen LogP contribution in [0.5, 0.6) is 0 Å². The molecule has 0 radical (unpaired) electrons. The molecule has 0 saturated carbocycles. The predicted molar refractivity (Wildman–Crippen MR) is 108 cm³/mol. The van der Waals surface area contributed by atoms with Crippen molar-refractivity contribution in [1.82, 2.24) is 19.8 Å². The van der Waals surface area contributed by atoms with Gasteiger partial charge in [0, 0.05) is 32.2 Å². The second-order valence-corrected chi connectivity index (χ2v) is 7.86. The van der Waals surface area contributed by atoms with E-state index in [0.717, 1.165) is 37.6 Å². The van der Waals surface area contributed by atoms with Gasteiger partial charge in [0.25, 0.3) is 0 Å². The molecule has 1 spiro atoms. The lowest BCUT2D eigenvalue weighted by Gasteiger charge is -2.47. The lowest BCUT2D eigenvalue weighted by atomic mass is 9.86. The lowest BCUT2D eigenvalue weighted by molar-refractivity contribution is -0.133. The number of piperidine rings is 1. The van der Waals surface area contributed by atoms with Crippen molar-refractivity contribution >= 4 is 35.8 Å². The second-order valence-electron chi connectivity index (χ2n) is 7.86. The first kappa shape index (κ1) is 19.9. The first-order valence-corrected chi connectivity index (χ1v) is 9.24. The molecular weight excluding hydrogens is 371 g/mol. The number of aromatic nitrogens is 2. The Morgan fingerprint density at radius 1 is 1.19 bits per heavy atom. The fraction of sp³-hybridized carbons (Fsp3) is 0.632. The molecule has 7 heteroatoms. The van der Waals surface area contributed by atoms with Gasteiger partial charge in [0.05, 0.1) is 29.8 Å². The Morgan fingerprint density at radius 3 is 2.65 bits per heavy atom. The van der Waals surface area contributed by atoms with Gasteiger partial charge in [0.1, 0.15) is 5.82 Å². The monoisotopic (exact) mass is 398 g/mol. The lowest BCUT2D eigenvalue weighted by Crippen LogP contribution is -2.58. The number of rotatable bonds is 2. The van der Waals surface area contributed by atoms with Gasteiger partial charge in [0.15, 0.2) is 0 Å². The third-order valence-electron chi connectivity index (χ3n) is 6.14. The summed E-state index contributed by atoms with van der Waals surface area (Å²) in [6.07, 6.45) is 4.98. The molecule has 0 aliphatic carbocycles. The van der Waals surface area contributed by atoms with Gasteiger partial charge < -0.3 is 14.6 Å². The van der Waals surface area contributed by atoms with Crippen LogP contribution in [0, 0.1) is 0 Å². The van der Waals surface area contributed by atoms with Crippen LogP contribution in [0.2, 0.25) is 0 Å². The summed E-state index contributed by atoms with van der Waals surface area (Å²) in [6, 6.07) is 9.73. The van der Waals surface area contributed by atoms with E-state index in [4.69, 9.17) is 9.72 Å². The van der Waals surface area contributed by atoms with Gasteiger partial charge in [-0.1, -0.05) is 12.1 Å². The number of benzene rings is 1. The number of fused-ring (bicyclic) bond motifs is 3. The molecule has 1 N–H and O–H groups in total. The van der Waals surface area contributed by atoms with E-state index in [2.05, 4.69) is 46.1 Å². The molecule has 1 aromatic carbocycles. The van der Waals surface area contributed by atoms with Crippen molar-refractivity contribution in [2.24, 2.45) is 7.05 Å². The van der Waals surface area contributed by atoms with E-state index in [0.29, 0.717) is 12.1 Å². The molecule has 2 bridgehead atoms. The van der Waals surface area contributed by atoms with Crippen LogP contribution in [0.1, 0.15) is 31.5 Å². The smallest absolute Gasteiger partial charge is 0.123 e. The SMILES string of the molecule is Cl.Cl.Cn1c(CN2CCOC3(C[C@H]4CC[C@@H](C3)N4)C2)nc2ccccc21. The zero-order chi connectivity index (χ0) is 16.1. The molecule has 144 valence electrons. The topological polar surface area (TPSA) is 42.3 Å². The number of hydrogen-bond acceptors (Lipinski definition) is 4. The van der Waals surface area contributed by atoms with Crippen LogP contribution in [0.3, 0.4) is 0 Å². The minimum Gasteiger partial charge on any atom is -0.372 e. The maximum atomic E-state index is 6.34. The molecule has 3 aliphatic heterocycles. The van der Waals surface area contributed by atoms with Crippen molar-refractivity contribution in [2.45, 2.75) is 49.9 Å². The molecule has 1 unspecified atom stereocenters. The number of morpholine rings is 1. The van der Waals surface area contributed by atoms with Crippen LogP contribution in [0.4, 0.5) is 0 Å². The van der Waals surface area contributed by atoms with Crippen molar-refractivity contribution in [3.8, 4) is 0 Å². The Kier molecular flexibility index (Phi) is 5.85. The third kappa shape index (κ3) is 3.48. The highest BCUT2D eigenvalue weighted by Crippen LogP contribution is 2.38. The summed E-state index contributed by atoms with van der Waals surface area (Å²) in [5.74, 6) is 1.16. The molecule has 5 nitrogen and oxygen atoms in total. The maximum Gasteiger partial charge on any atom is 0.123 e. The fourth-order valence-corrected chi connectivity index (χ4v) is 5.05. The van der Waals surface area contributed by atoms with Crippen molar-refractivity contribution in [1.29, 1.82) is 0 Å². The molecule has 3 aliphatic rings. The van der Waals surface area contributed by atoms with Gasteiger partial charge in [-0.25, -0.2) is 4.98 Å². The van der Waals surface area contributed by atoms with Crippen molar-refractivity contribution in [3.63, 3.8) is 0 Å². The molecule has 3 fully saturated rings. The first-order chi connectivity index (χ1) is 11.7. The van der Waals surface area contributed by atoms with Gasteiger partial charge in [0.2, 0.25) is 0 Å². The molecular formula is C19H28Cl2N4O. The predicted octanol–water partition coefficient (Wildman–Crippen LogP) is 2.90. The van der Waals surface area contributed by atoms with E-state index in [9.17, 15) is 0 Å². The van der Waals surface area contributed by atoms with Gasteiger partial charge >= 0.3 is 0 Å². The Bertz CT molecular complexity index is 753. The largest absolute Gasteiger partial charge is 0.372 e. The number of aryl methyl sites for hydroxylation is 1. The van der Waals surface area contributed by atoms with Gasteiger partial charge in [-0.2, -0.15) is 0 Å². The minimum absolute atomic E-state index is 0. The number of halogens is 2. The fourth-order valence-electron chi connectivity index (χ4n) is 5.05. The zero-order valence-electron chi connectivity index (χ0n) is 15.2. The van der Waals surface area contributed by atoms with Crippen molar-refractivity contribution in [2.75, 3.05) is 19.7 Å². The number of nitrogens with zero attached hydrogens (tertiary/aromatic N) is 3. The molecule has 3 saturated heterocycles. The quantitative estimate of drug-likeness (QED) is 0.844. The number of imidazole rings is 1. The van der Waals surface area contributed by atoms with Crippen LogP contribution in [0.15, 0.2) is 24.3 Å². The van der Waals surface area contributed by atoms with Crippen molar-refractivity contribution < 1.29 is 4.74 Å². The van der Waals surface area contributed by atoms with E-state index in [1.807, 2.05) is 0 Å². The molecule has 2 aromatic rings. The standard InChI is InChI=1S/C19H26N4O.2ClH/c1-22-17-5-3-2-4-16(17)21-18(22)12-23-8-9-24-19(13-23)10-14-6-7-15(11-19)20-14;;/h2-5,14-15,20H,6-13H2,1H3;2*1H/t14-,15+,19?;;. The summed E-state index contributed by atoms with van der Waals surface area (Å²) in [7, 11) is 2.13. The third-order valence-corrected chi connectivity index (χ3v) is 6.14. The highest BCUT2D eigenvalue weighted by molar-refractivity contribution is 5.85. The summed E-state index contributed by atoms with van der Waals surface area (Å²) in [6.45, 7) is 3.82. The Labute approximate surface area is 167 Å². The molecule has 3 atom stereocenters. The average molecular weight is 399 g/mol. The summed E-state index contributed by atoms with van der Waals surface area (Å²) in [5.41, 5.74) is 2.38. The number of hydrogen-bond donors (Lipinski definition) is 1. The molecule has 26 heavy (non-hydrogen) atoms. The number of nitrogens with one attached hydrogen (secondary N) is 1. The van der Waals surface area contributed by atoms with Crippen LogP contribution >= 0.6 is 24.8 Å². The van der Waals surface area contributed by atoms with Crippen LogP contribution in [-0.4, -0.2) is 51.8 Å². The Morgan fingerprint density at radius 2 is 1.92 bits per heavy atom. The summed E-state index contributed by atoms with van der Waals surface area (Å²) in [5, 5.41) is 3.74. The van der Waals surface area contributed by atoms with Crippen LogP contribution < -0.4 is 5.32 Å². The Balaban J connectivity index is 0.000000980. The zero-order valence-corrected chi connectivity index (χ0v) is 16.8. The number of para-hydroxylation sites is 2. The van der Waals surface area contributed by atoms with E-state index >= 15 is 0 Å². The normalized spacial score (nSPS) is 31.0. The van der Waals surface area contributed by atoms with Gasteiger partial charge in [-0.3, -0.25) is 4.90 Å². The summed E-state index contributed by atoms with van der Waals surface area (Å²) < 4.78 is 8.58. The van der Waals surface area contributed by atoms with Gasteiger partial charge in [-0.15, -0.1) is 24.8 Å². The molecule has 5 rings (SSSR count). The maximum absolute atomic E-state index is 6.34. The van der Waals surface area contributed by atoms with E-state index in [-0.39, 0.29) is 30.4 Å². The van der Waals surface area contributed by atoms with Crippen LogP contribution in [0.25, 0.3) is 11.0 Å². The molecule has 4 heterocycles.